The van der Waals surface area contributed by atoms with E-state index in [1.807, 2.05) is 0 Å². The monoisotopic (exact) mass is 766 g/mol. The second kappa shape index (κ2) is 14.4. The average Bonchev–Trinajstić information content (AvgIpc) is 2.85. The van der Waals surface area contributed by atoms with Crippen LogP contribution in [-0.4, -0.2) is 68.1 Å². The van der Waals surface area contributed by atoms with Crippen molar-refractivity contribution in [3.05, 3.63) is 0 Å². The van der Waals surface area contributed by atoms with Crippen molar-refractivity contribution in [1.82, 2.24) is 0 Å². The van der Waals surface area contributed by atoms with Gasteiger partial charge in [0.2, 0.25) is 0 Å². The van der Waals surface area contributed by atoms with Gasteiger partial charge in [-0.3, -0.25) is 0 Å². The first-order valence-electron chi connectivity index (χ1n) is 13.1. The Morgan fingerprint density at radius 2 is 0.532 bits per heavy atom. The van der Waals surface area contributed by atoms with Crippen LogP contribution in [0.15, 0.2) is 0 Å². The van der Waals surface area contributed by atoms with E-state index in [2.05, 4.69) is 0 Å². The number of hydrogen-bond donors (Lipinski definition) is 2. The van der Waals surface area contributed by atoms with Gasteiger partial charge in [-0.2, -0.15) is 96.6 Å². The smallest absolute Gasteiger partial charge is 0.339 e. The summed E-state index contributed by atoms with van der Waals surface area (Å²) in [5.74, 6) is -56.2. The third-order valence-corrected chi connectivity index (χ3v) is 9.54. The molecule has 0 spiro atoms. The highest BCUT2D eigenvalue weighted by Crippen LogP contribution is 2.59. The first-order chi connectivity index (χ1) is 20.4. The molecular weight excluding hydrogens is 738 g/mol. The van der Waals surface area contributed by atoms with E-state index < -0.39 is 107 Å². The van der Waals surface area contributed by atoms with Crippen LogP contribution >= 0.6 is 0 Å². The third-order valence-electron chi connectivity index (χ3n) is 6.97. The van der Waals surface area contributed by atoms with E-state index in [0.717, 1.165) is 0 Å². The van der Waals surface area contributed by atoms with Crippen molar-refractivity contribution < 1.29 is 96.6 Å². The van der Waals surface area contributed by atoms with Crippen molar-refractivity contribution in [3.63, 3.8) is 0 Å². The number of hydrogen-bond acceptors (Lipinski definition) is 2. The second-order valence-electron chi connectivity index (χ2n) is 10.9. The molecule has 0 rings (SSSR count). The SMILES string of the molecule is N[Si](N)(CCCCCCC(F)(F)C(F)(F)C(F)(F)C(F)(F)C(F)(F)F)CCCCCCC(F)(F)C(F)(F)C(F)(F)C(F)(F)C(F)(F)F. The normalized spacial score (nSPS) is 15.8. The Bertz CT molecular complexity index is 912. The van der Waals surface area contributed by atoms with Crippen molar-refractivity contribution in [2.75, 3.05) is 0 Å². The maximum Gasteiger partial charge on any atom is 0.460 e. The Kier molecular flexibility index (Phi) is 14.0. The number of alkyl halides is 22. The van der Waals surface area contributed by atoms with Crippen molar-refractivity contribution in [1.29, 1.82) is 0 Å². The van der Waals surface area contributed by atoms with Crippen LogP contribution in [0.1, 0.15) is 64.2 Å². The summed E-state index contributed by atoms with van der Waals surface area (Å²) < 4.78 is 286. The van der Waals surface area contributed by atoms with E-state index in [0.29, 0.717) is 0 Å². The first-order valence-corrected chi connectivity index (χ1v) is 15.7. The summed E-state index contributed by atoms with van der Waals surface area (Å²) in [7, 11) is -3.20. The summed E-state index contributed by atoms with van der Waals surface area (Å²) in [6.45, 7) is 0. The van der Waals surface area contributed by atoms with Crippen molar-refractivity contribution in [3.8, 4) is 0 Å². The molecular formula is C22H28F22N2Si. The van der Waals surface area contributed by atoms with Gasteiger partial charge in [-0.1, -0.05) is 38.5 Å². The lowest BCUT2D eigenvalue weighted by Crippen LogP contribution is -2.66. The molecule has 4 N–H and O–H groups in total. The molecule has 0 fully saturated rings. The maximum absolute atomic E-state index is 13.7. The van der Waals surface area contributed by atoms with Gasteiger partial charge < -0.3 is 10.8 Å². The molecule has 0 saturated heterocycles. The zero-order valence-corrected chi connectivity index (χ0v) is 24.5. The van der Waals surface area contributed by atoms with Crippen LogP contribution in [0.5, 0.6) is 0 Å². The third kappa shape index (κ3) is 9.44. The van der Waals surface area contributed by atoms with Crippen LogP contribution in [0.3, 0.4) is 0 Å². The molecule has 0 radical (unpaired) electrons. The van der Waals surface area contributed by atoms with Crippen molar-refractivity contribution >= 4 is 8.40 Å². The summed E-state index contributed by atoms with van der Waals surface area (Å²) >= 11 is 0. The Morgan fingerprint density at radius 3 is 0.766 bits per heavy atom. The van der Waals surface area contributed by atoms with Crippen LogP contribution in [0, 0.1) is 0 Å². The molecule has 25 heteroatoms. The predicted molar refractivity (Wildman–Crippen MR) is 122 cm³/mol. The molecule has 0 atom stereocenters. The minimum absolute atomic E-state index is 0.0401. The first kappa shape index (κ1) is 45.6. The van der Waals surface area contributed by atoms with Crippen LogP contribution in [0.4, 0.5) is 96.6 Å². The van der Waals surface area contributed by atoms with Crippen LogP contribution in [-0.2, 0) is 0 Å². The minimum Gasteiger partial charge on any atom is -0.339 e. The van der Waals surface area contributed by atoms with Gasteiger partial charge in [0.05, 0.1) is 0 Å². The van der Waals surface area contributed by atoms with E-state index >= 15 is 0 Å². The van der Waals surface area contributed by atoms with Gasteiger partial charge in [0, 0.05) is 12.8 Å². The zero-order valence-electron chi connectivity index (χ0n) is 23.5. The van der Waals surface area contributed by atoms with Crippen molar-refractivity contribution in [2.24, 2.45) is 10.8 Å². The zero-order chi connectivity index (χ0) is 38.0. The highest BCUT2D eigenvalue weighted by molar-refractivity contribution is 6.73. The fourth-order valence-corrected chi connectivity index (χ4v) is 6.02. The van der Waals surface area contributed by atoms with Gasteiger partial charge in [0.1, 0.15) is 0 Å². The molecule has 0 heterocycles. The van der Waals surface area contributed by atoms with E-state index in [4.69, 9.17) is 10.8 Å². The molecule has 0 bridgehead atoms. The lowest BCUT2D eigenvalue weighted by atomic mass is 9.94. The van der Waals surface area contributed by atoms with Gasteiger partial charge in [-0.25, -0.2) is 0 Å². The second-order valence-corrected chi connectivity index (χ2v) is 14.4. The average molecular weight is 767 g/mol. The fourth-order valence-electron chi connectivity index (χ4n) is 3.96. The summed E-state index contributed by atoms with van der Waals surface area (Å²) in [5.41, 5.74) is 0. The molecule has 2 nitrogen and oxygen atoms in total. The number of rotatable bonds is 20. The molecule has 0 aliphatic carbocycles. The van der Waals surface area contributed by atoms with Gasteiger partial charge in [-0.15, -0.1) is 0 Å². The molecule has 0 amide bonds. The Balaban J connectivity index is 4.74. The molecule has 0 saturated carbocycles. The molecule has 0 aliphatic rings. The lowest BCUT2D eigenvalue weighted by molar-refractivity contribution is -0.422. The van der Waals surface area contributed by atoms with Gasteiger partial charge >= 0.3 is 59.7 Å². The maximum atomic E-state index is 13.7. The van der Waals surface area contributed by atoms with Gasteiger partial charge in [-0.05, 0) is 24.9 Å². The van der Waals surface area contributed by atoms with Gasteiger partial charge in [0.15, 0.2) is 8.40 Å². The number of halogens is 22. The summed E-state index contributed by atoms with van der Waals surface area (Å²) in [6, 6.07) is -0.134. The Morgan fingerprint density at radius 1 is 0.298 bits per heavy atom. The quantitative estimate of drug-likeness (QED) is 0.0737. The molecule has 0 unspecified atom stereocenters. The summed E-state index contributed by atoms with van der Waals surface area (Å²) in [4.78, 5) is 0. The lowest BCUT2D eigenvalue weighted by Gasteiger charge is -2.37. The molecule has 0 aromatic carbocycles. The Labute approximate surface area is 252 Å². The van der Waals surface area contributed by atoms with Crippen LogP contribution in [0.2, 0.25) is 12.1 Å². The predicted octanol–water partition coefficient (Wildman–Crippen LogP) is 10.5. The minimum atomic E-state index is -7.51. The highest BCUT2D eigenvalue weighted by Gasteiger charge is 2.88. The molecule has 0 aromatic rings. The number of unbranched alkanes of at least 4 members (excludes halogenated alkanes) is 6. The topological polar surface area (TPSA) is 52.0 Å². The van der Waals surface area contributed by atoms with E-state index in [1.165, 1.54) is 0 Å². The van der Waals surface area contributed by atoms with Crippen LogP contribution < -0.4 is 10.8 Å². The fraction of sp³-hybridized carbons (Fsp3) is 1.00. The van der Waals surface area contributed by atoms with E-state index in [9.17, 15) is 96.6 Å². The van der Waals surface area contributed by atoms with E-state index in [-0.39, 0.29) is 37.8 Å². The van der Waals surface area contributed by atoms with Crippen molar-refractivity contribution in [2.45, 2.75) is 136 Å². The molecule has 284 valence electrons. The number of nitrogens with two attached hydrogens (primary N) is 2. The van der Waals surface area contributed by atoms with Gasteiger partial charge in [0.25, 0.3) is 0 Å². The largest absolute Gasteiger partial charge is 0.460 e. The Hall–Kier alpha value is -1.40. The van der Waals surface area contributed by atoms with Crippen LogP contribution in [0.25, 0.3) is 0 Å². The molecule has 0 aliphatic heterocycles. The van der Waals surface area contributed by atoms with E-state index in [1.54, 1.807) is 0 Å². The molecule has 47 heavy (non-hydrogen) atoms. The summed E-state index contributed by atoms with van der Waals surface area (Å²) in [6.07, 6.45) is -22.5. The highest BCUT2D eigenvalue weighted by atomic mass is 28.3. The summed E-state index contributed by atoms with van der Waals surface area (Å²) in [5, 5.41) is 11.7. The molecule has 0 aromatic heterocycles. The standard InChI is InChI=1S/C22H28F22N2Si/c23-13(24,15(27,28)17(31,32)19(35,36)21(39,40)41)9-5-1-3-7-11-47(45,46)12-8-4-2-6-10-14(25,26)16(29,30)18(33,34)20(37,38)22(42,43)44/h1-12,45-46H2.